The molecule has 0 bridgehead atoms. The minimum absolute atomic E-state index is 0.316. The van der Waals surface area contributed by atoms with Gasteiger partial charge in [0.05, 0.1) is 0 Å². The molecule has 1 aliphatic rings. The normalized spacial score (nSPS) is 16.0. The molecule has 1 saturated carbocycles. The van der Waals surface area contributed by atoms with E-state index < -0.39 is 8.07 Å². The van der Waals surface area contributed by atoms with E-state index in [1.165, 1.54) is 38.1 Å². The van der Waals surface area contributed by atoms with Gasteiger partial charge in [-0.2, -0.15) is 0 Å². The number of nitrogens with one attached hydrogen (secondary N) is 1. The zero-order valence-corrected chi connectivity index (χ0v) is 16.6. The summed E-state index contributed by atoms with van der Waals surface area (Å²) in [5.41, 5.74) is 2.09. The molecule has 2 rings (SSSR count). The van der Waals surface area contributed by atoms with Crippen LogP contribution >= 0.6 is 0 Å². The lowest BCUT2D eigenvalue weighted by Crippen LogP contribution is -2.29. The van der Waals surface area contributed by atoms with Crippen LogP contribution in [0.25, 0.3) is 5.70 Å². The molecule has 24 heavy (non-hydrogen) atoms. The highest BCUT2D eigenvalue weighted by molar-refractivity contribution is 6.76. The highest BCUT2D eigenvalue weighted by Gasteiger charge is 2.14. The maximum atomic E-state index is 5.73. The molecule has 0 aromatic heterocycles. The van der Waals surface area contributed by atoms with Gasteiger partial charge >= 0.3 is 0 Å². The zero-order valence-electron chi connectivity index (χ0n) is 15.6. The third-order valence-electron chi connectivity index (χ3n) is 4.47. The van der Waals surface area contributed by atoms with Crippen LogP contribution in [-0.2, 0) is 4.74 Å². The third kappa shape index (κ3) is 7.10. The molecule has 0 saturated heterocycles. The molecule has 1 fully saturated rings. The molecule has 1 aliphatic carbocycles. The van der Waals surface area contributed by atoms with Crippen LogP contribution in [-0.4, -0.2) is 27.5 Å². The Labute approximate surface area is 148 Å². The Kier molecular flexibility index (Phi) is 7.37. The van der Waals surface area contributed by atoms with Gasteiger partial charge in [0.15, 0.2) is 6.79 Å². The Balaban J connectivity index is 1.77. The van der Waals surface area contributed by atoms with Crippen molar-refractivity contribution in [3.63, 3.8) is 0 Å². The maximum Gasteiger partial charge on any atom is 0.189 e. The molecule has 1 N–H and O–H groups in total. The summed E-state index contributed by atoms with van der Waals surface area (Å²) >= 11 is 0. The van der Waals surface area contributed by atoms with Crippen molar-refractivity contribution in [3.05, 3.63) is 36.4 Å². The molecule has 3 nitrogen and oxygen atoms in total. The Bertz CT molecular complexity index is 519. The Hall–Kier alpha value is -1.26. The summed E-state index contributed by atoms with van der Waals surface area (Å²) in [6, 6.07) is 9.84. The van der Waals surface area contributed by atoms with Crippen molar-refractivity contribution in [2.24, 2.45) is 0 Å². The van der Waals surface area contributed by atoms with Crippen LogP contribution in [0, 0.1) is 0 Å². The standard InChI is InChI=1S/C20H33NO2Si/c1-17(21-19-10-6-5-7-11-19)18-9-8-12-20(15-18)23-16-22-13-14-24(2,3)4/h8-9,12,15,19,21H,1,5-7,10-11,13-14,16H2,2-4H3. The summed E-state index contributed by atoms with van der Waals surface area (Å²) in [7, 11) is -1.03. The number of hydrogen-bond acceptors (Lipinski definition) is 3. The van der Waals surface area contributed by atoms with Gasteiger partial charge in [0.2, 0.25) is 0 Å². The van der Waals surface area contributed by atoms with Gasteiger partial charge in [0.25, 0.3) is 0 Å². The third-order valence-corrected chi connectivity index (χ3v) is 6.18. The van der Waals surface area contributed by atoms with Gasteiger partial charge in [-0.1, -0.05) is 57.6 Å². The Morgan fingerprint density at radius 2 is 1.96 bits per heavy atom. The van der Waals surface area contributed by atoms with Crippen LogP contribution in [0.15, 0.2) is 30.8 Å². The second-order valence-electron chi connectivity index (χ2n) is 7.97. The average molecular weight is 348 g/mol. The first-order chi connectivity index (χ1) is 11.4. The summed E-state index contributed by atoms with van der Waals surface area (Å²) < 4.78 is 11.3. The van der Waals surface area contributed by atoms with E-state index in [2.05, 4.69) is 37.6 Å². The molecule has 1 aromatic rings. The molecule has 0 radical (unpaired) electrons. The fourth-order valence-electron chi connectivity index (χ4n) is 2.90. The summed E-state index contributed by atoms with van der Waals surface area (Å²) in [5, 5.41) is 3.58. The summed E-state index contributed by atoms with van der Waals surface area (Å²) in [5.74, 6) is 0.840. The number of ether oxygens (including phenoxy) is 2. The minimum atomic E-state index is -1.03. The number of benzene rings is 1. The largest absolute Gasteiger partial charge is 0.468 e. The molecule has 1 aromatic carbocycles. The van der Waals surface area contributed by atoms with Gasteiger partial charge in [-0.15, -0.1) is 0 Å². The van der Waals surface area contributed by atoms with E-state index in [4.69, 9.17) is 9.47 Å². The van der Waals surface area contributed by atoms with Crippen molar-refractivity contribution < 1.29 is 9.47 Å². The van der Waals surface area contributed by atoms with Crippen molar-refractivity contribution in [2.45, 2.75) is 63.8 Å². The number of hydrogen-bond donors (Lipinski definition) is 1. The lowest BCUT2D eigenvalue weighted by atomic mass is 9.95. The predicted octanol–water partition coefficient (Wildman–Crippen LogP) is 5.27. The van der Waals surface area contributed by atoms with Gasteiger partial charge in [-0.25, -0.2) is 0 Å². The van der Waals surface area contributed by atoms with E-state index in [0.717, 1.165) is 23.6 Å². The molecule has 0 unspecified atom stereocenters. The zero-order chi connectivity index (χ0) is 17.4. The summed E-state index contributed by atoms with van der Waals surface area (Å²) in [4.78, 5) is 0. The smallest absolute Gasteiger partial charge is 0.189 e. The van der Waals surface area contributed by atoms with Crippen LogP contribution in [0.4, 0.5) is 0 Å². The molecule has 134 valence electrons. The highest BCUT2D eigenvalue weighted by Crippen LogP contribution is 2.22. The quantitative estimate of drug-likeness (QED) is 0.375. The second kappa shape index (κ2) is 9.28. The van der Waals surface area contributed by atoms with Crippen LogP contribution in [0.5, 0.6) is 5.75 Å². The molecule has 0 spiro atoms. The van der Waals surface area contributed by atoms with Crippen LogP contribution in [0.2, 0.25) is 25.7 Å². The van der Waals surface area contributed by atoms with Crippen LogP contribution in [0.3, 0.4) is 0 Å². The monoisotopic (exact) mass is 347 g/mol. The topological polar surface area (TPSA) is 30.5 Å². The van der Waals surface area contributed by atoms with E-state index >= 15 is 0 Å². The molecular formula is C20H33NO2Si. The first-order valence-electron chi connectivity index (χ1n) is 9.20. The van der Waals surface area contributed by atoms with Crippen molar-refractivity contribution in [1.82, 2.24) is 5.32 Å². The van der Waals surface area contributed by atoms with Crippen molar-refractivity contribution in [2.75, 3.05) is 13.4 Å². The Morgan fingerprint density at radius 3 is 2.67 bits per heavy atom. The average Bonchev–Trinajstić information content (AvgIpc) is 2.55. The minimum Gasteiger partial charge on any atom is -0.468 e. The van der Waals surface area contributed by atoms with Crippen molar-refractivity contribution in [3.8, 4) is 5.75 Å². The molecule has 0 heterocycles. The highest BCUT2D eigenvalue weighted by atomic mass is 28.3. The van der Waals surface area contributed by atoms with E-state index in [0.29, 0.717) is 12.8 Å². The summed E-state index contributed by atoms with van der Waals surface area (Å²) in [6.45, 7) is 12.4. The summed E-state index contributed by atoms with van der Waals surface area (Å²) in [6.07, 6.45) is 6.51. The van der Waals surface area contributed by atoms with Gasteiger partial charge in [0, 0.05) is 32.0 Å². The van der Waals surface area contributed by atoms with E-state index in [1.807, 2.05) is 18.2 Å². The maximum absolute atomic E-state index is 5.73. The van der Waals surface area contributed by atoms with Gasteiger partial charge in [-0.3, -0.25) is 0 Å². The van der Waals surface area contributed by atoms with Crippen molar-refractivity contribution in [1.29, 1.82) is 0 Å². The molecule has 0 aliphatic heterocycles. The molecular weight excluding hydrogens is 314 g/mol. The first-order valence-corrected chi connectivity index (χ1v) is 12.9. The second-order valence-corrected chi connectivity index (χ2v) is 13.6. The fraction of sp³-hybridized carbons (Fsp3) is 0.600. The first kappa shape index (κ1) is 19.1. The van der Waals surface area contributed by atoms with Crippen LogP contribution < -0.4 is 10.1 Å². The SMILES string of the molecule is C=C(NC1CCCCC1)c1cccc(OCOCC[Si](C)(C)C)c1. The van der Waals surface area contributed by atoms with E-state index in [9.17, 15) is 0 Å². The lowest BCUT2D eigenvalue weighted by molar-refractivity contribution is 0.0220. The van der Waals surface area contributed by atoms with Gasteiger partial charge < -0.3 is 14.8 Å². The molecule has 0 amide bonds. The van der Waals surface area contributed by atoms with Gasteiger partial charge in [-0.05, 0) is 31.0 Å². The molecule has 0 atom stereocenters. The van der Waals surface area contributed by atoms with E-state index in [-0.39, 0.29) is 0 Å². The van der Waals surface area contributed by atoms with E-state index in [1.54, 1.807) is 0 Å². The van der Waals surface area contributed by atoms with Crippen molar-refractivity contribution >= 4 is 13.8 Å². The van der Waals surface area contributed by atoms with Crippen LogP contribution in [0.1, 0.15) is 37.7 Å². The van der Waals surface area contributed by atoms with Gasteiger partial charge in [0.1, 0.15) is 5.75 Å². The number of rotatable bonds is 9. The lowest BCUT2D eigenvalue weighted by Gasteiger charge is -2.25. The Morgan fingerprint density at radius 1 is 1.21 bits per heavy atom. The molecule has 4 heteroatoms. The predicted molar refractivity (Wildman–Crippen MR) is 105 cm³/mol. The fourth-order valence-corrected chi connectivity index (χ4v) is 3.65.